The maximum absolute atomic E-state index is 10.3. The van der Waals surface area contributed by atoms with Gasteiger partial charge in [-0.2, -0.15) is 0 Å². The Kier molecular flexibility index (Phi) is 5.87. The van der Waals surface area contributed by atoms with Crippen molar-refractivity contribution in [3.8, 4) is 0 Å². The number of rotatable bonds is 2. The van der Waals surface area contributed by atoms with Crippen LogP contribution in [0.2, 0.25) is 0 Å². The molecule has 3 atom stereocenters. The predicted octanol–water partition coefficient (Wildman–Crippen LogP) is 5.13. The first-order chi connectivity index (χ1) is 8.41. The highest BCUT2D eigenvalue weighted by molar-refractivity contribution is 5.26. The summed E-state index contributed by atoms with van der Waals surface area (Å²) >= 11 is 0. The van der Waals surface area contributed by atoms with Crippen LogP contribution < -0.4 is 0 Å². The van der Waals surface area contributed by atoms with E-state index >= 15 is 0 Å². The zero-order valence-corrected chi connectivity index (χ0v) is 12.2. The molecule has 0 aromatic heterocycles. The average Bonchev–Trinajstić information content (AvgIpc) is 2.32. The topological polar surface area (TPSA) is 20.2 Å². The van der Waals surface area contributed by atoms with E-state index < -0.39 is 0 Å². The fraction of sp³-hybridized carbons (Fsp3) is 0.647. The van der Waals surface area contributed by atoms with Gasteiger partial charge in [-0.25, -0.2) is 0 Å². The first-order valence-electron chi connectivity index (χ1n) is 7.10. The van der Waals surface area contributed by atoms with Crippen LogP contribution in [0.25, 0.3) is 0 Å². The molecule has 1 aliphatic carbocycles. The van der Waals surface area contributed by atoms with Gasteiger partial charge in [-0.05, 0) is 63.4 Å². The Hall–Kier alpha value is -0.820. The summed E-state index contributed by atoms with van der Waals surface area (Å²) < 4.78 is 0. The van der Waals surface area contributed by atoms with Gasteiger partial charge >= 0.3 is 0 Å². The summed E-state index contributed by atoms with van der Waals surface area (Å²) in [4.78, 5) is 0. The van der Waals surface area contributed by atoms with Crippen molar-refractivity contribution in [3.05, 3.63) is 36.0 Å². The molecule has 0 saturated heterocycles. The lowest BCUT2D eigenvalue weighted by molar-refractivity contribution is 0.0891. The van der Waals surface area contributed by atoms with Crippen molar-refractivity contribution in [2.24, 2.45) is 11.8 Å². The van der Waals surface area contributed by atoms with Crippen LogP contribution in [0.15, 0.2) is 36.0 Å². The van der Waals surface area contributed by atoms with Gasteiger partial charge in [0.05, 0.1) is 6.10 Å². The number of hydrogen-bond donors (Lipinski definition) is 1. The maximum Gasteiger partial charge on any atom is 0.0571 e. The van der Waals surface area contributed by atoms with Crippen molar-refractivity contribution in [3.63, 3.8) is 0 Å². The fourth-order valence-corrected chi connectivity index (χ4v) is 2.60. The van der Waals surface area contributed by atoms with E-state index in [1.807, 2.05) is 6.92 Å². The molecule has 0 bridgehead atoms. The van der Waals surface area contributed by atoms with Gasteiger partial charge in [0.1, 0.15) is 0 Å². The fourth-order valence-electron chi connectivity index (χ4n) is 2.60. The Bertz CT molecular complexity index is 347. The van der Waals surface area contributed by atoms with E-state index in [1.54, 1.807) is 0 Å². The molecule has 0 aromatic carbocycles. The zero-order chi connectivity index (χ0) is 13.7. The lowest BCUT2D eigenvalue weighted by Gasteiger charge is -2.27. The van der Waals surface area contributed by atoms with Gasteiger partial charge in [-0.15, -0.1) is 0 Å². The summed E-state index contributed by atoms with van der Waals surface area (Å²) in [6, 6.07) is 0. The second-order valence-corrected chi connectivity index (χ2v) is 5.95. The molecule has 106 valence electrons. The third-order valence-corrected chi connectivity index (χ3v) is 4.23. The summed E-state index contributed by atoms with van der Waals surface area (Å²) in [5.41, 5.74) is 3.64. The molecule has 0 radical (unpaired) electrons. The van der Waals surface area contributed by atoms with E-state index in [0.717, 1.165) is 43.3 Å². The highest BCUT2D eigenvalue weighted by Gasteiger charge is 2.22. The number of aliphatic hydroxyl groups is 1. The van der Waals surface area contributed by atoms with Crippen LogP contribution in [0.5, 0.6) is 0 Å². The summed E-state index contributed by atoms with van der Waals surface area (Å²) in [5.74, 6) is 0.744. The molecule has 0 spiro atoms. The summed E-state index contributed by atoms with van der Waals surface area (Å²) in [6.07, 6.45) is 7.31. The Balaban J connectivity index is 0. The van der Waals surface area contributed by atoms with E-state index in [1.165, 1.54) is 5.57 Å². The van der Waals surface area contributed by atoms with Crippen molar-refractivity contribution in [1.82, 2.24) is 0 Å². The summed E-state index contributed by atoms with van der Waals surface area (Å²) in [6.45, 7) is 14.5. The maximum atomic E-state index is 10.3. The molecule has 0 saturated carbocycles. The molecule has 1 heteroatoms. The second-order valence-electron chi connectivity index (χ2n) is 5.95. The van der Waals surface area contributed by atoms with Gasteiger partial charge in [-0.3, -0.25) is 0 Å². The van der Waals surface area contributed by atoms with Crippen LogP contribution >= 0.6 is 0 Å². The van der Waals surface area contributed by atoms with Gasteiger partial charge in [0.25, 0.3) is 0 Å². The van der Waals surface area contributed by atoms with E-state index in [2.05, 4.69) is 33.1 Å². The largest absolute Gasteiger partial charge is 0.393 e. The third kappa shape index (κ3) is 4.45. The highest BCUT2D eigenvalue weighted by atomic mass is 16.3. The minimum Gasteiger partial charge on any atom is -0.393 e. The van der Waals surface area contributed by atoms with Gasteiger partial charge < -0.3 is 5.11 Å². The number of aliphatic hydroxyl groups excluding tert-OH is 1. The predicted molar refractivity (Wildman–Crippen MR) is 83.7 cm³/mol. The van der Waals surface area contributed by atoms with E-state index in [4.69, 9.17) is 0 Å². The summed E-state index contributed by atoms with van der Waals surface area (Å²) in [5, 5.41) is 10.3. The smallest absolute Gasteiger partial charge is 0.0571 e. The normalized spacial score (nSPS) is 33.3. The highest BCUT2D eigenvalue weighted by Crippen LogP contribution is 2.31. The quantitative estimate of drug-likeness (QED) is 0.533. The van der Waals surface area contributed by atoms with Crippen LogP contribution in [0.3, 0.4) is 0 Å². The molecule has 1 rings (SSSR count). The minimum atomic E-state index is -0.210. The molecule has 1 N–H and O–H groups in total. The number of allylic oxidation sites excluding steroid dienone is 4. The lowest BCUT2D eigenvalue weighted by atomic mass is 9.81. The molecule has 0 unspecified atom stereocenters. The first-order valence-corrected chi connectivity index (χ1v) is 7.10. The molecule has 1 aliphatic rings. The monoisotopic (exact) mass is 252 g/mol. The van der Waals surface area contributed by atoms with Gasteiger partial charge in [0.15, 0.2) is 0 Å². The van der Waals surface area contributed by atoms with E-state index in [0.29, 0.717) is 11.8 Å². The van der Waals surface area contributed by atoms with Gasteiger partial charge in [0.2, 0.25) is 0 Å². The van der Waals surface area contributed by atoms with Crippen molar-refractivity contribution in [2.75, 3.05) is 0 Å². The molecule has 0 aliphatic heterocycles. The van der Waals surface area contributed by atoms with Crippen molar-refractivity contribution >= 4 is 0 Å². The van der Waals surface area contributed by atoms with Crippen molar-refractivity contribution in [1.29, 1.82) is 0 Å². The van der Waals surface area contributed by atoms with Crippen molar-refractivity contribution < 1.29 is 7.96 Å². The van der Waals surface area contributed by atoms with Crippen LogP contribution in [-0.4, -0.2) is 11.2 Å². The third-order valence-electron chi connectivity index (χ3n) is 4.23. The number of hydrogen-bond acceptors (Lipinski definition) is 1. The minimum absolute atomic E-state index is 0. The van der Waals surface area contributed by atoms with Gasteiger partial charge in [0, 0.05) is 2.85 Å². The second kappa shape index (κ2) is 6.94. The average molecular weight is 252 g/mol. The molecule has 0 fully saturated rings. The molecule has 0 heterocycles. The molecular formula is C17H32O. The first kappa shape index (κ1) is 15.2. The molecule has 18 heavy (non-hydrogen) atoms. The zero-order valence-electron chi connectivity index (χ0n) is 12.2. The Morgan fingerprint density at radius 1 is 1.39 bits per heavy atom. The Labute approximate surface area is 115 Å². The standard InChI is InChI=1S/C17H28O.2H2/c1-12(2)15(5)16-10-9-13(3)7-6-8-14(4)17(18)11-16;;/h7,14,16-18H,1,5-6,8-11H2,2-4H3;2*1H/b13-7+;;/t14-,16+,17-;;/m0../s1. The Morgan fingerprint density at radius 2 is 2.06 bits per heavy atom. The lowest BCUT2D eigenvalue weighted by Crippen LogP contribution is -2.23. The summed E-state index contributed by atoms with van der Waals surface area (Å²) in [7, 11) is 0. The van der Waals surface area contributed by atoms with Crippen LogP contribution in [0, 0.1) is 11.8 Å². The van der Waals surface area contributed by atoms with Crippen molar-refractivity contribution in [2.45, 2.75) is 59.0 Å². The van der Waals surface area contributed by atoms with Crippen LogP contribution in [0.4, 0.5) is 0 Å². The molecule has 1 nitrogen and oxygen atoms in total. The molecular weight excluding hydrogens is 220 g/mol. The van der Waals surface area contributed by atoms with Crippen LogP contribution in [0.1, 0.15) is 55.7 Å². The van der Waals surface area contributed by atoms with E-state index in [-0.39, 0.29) is 8.96 Å². The van der Waals surface area contributed by atoms with Crippen LogP contribution in [-0.2, 0) is 0 Å². The molecule has 0 aromatic rings. The van der Waals surface area contributed by atoms with Gasteiger partial charge in [-0.1, -0.05) is 37.3 Å². The SMILES string of the molecule is C=C(C)C(=C)[C@@H]1CC/C(C)=C/CC[C@H](C)[C@@H](O)C1.[HH].[HH]. The Morgan fingerprint density at radius 3 is 2.67 bits per heavy atom. The van der Waals surface area contributed by atoms with E-state index in [9.17, 15) is 5.11 Å². The molecule has 0 amide bonds.